The van der Waals surface area contributed by atoms with Crippen molar-refractivity contribution in [3.63, 3.8) is 0 Å². The second-order valence-electron chi connectivity index (χ2n) is 4.83. The van der Waals surface area contributed by atoms with Gasteiger partial charge in [0.2, 0.25) is 5.91 Å². The summed E-state index contributed by atoms with van der Waals surface area (Å²) in [5.74, 6) is -0.959. The van der Waals surface area contributed by atoms with Crippen molar-refractivity contribution in [2.45, 2.75) is 33.7 Å². The van der Waals surface area contributed by atoms with Gasteiger partial charge in [0.15, 0.2) is 0 Å². The van der Waals surface area contributed by atoms with Crippen molar-refractivity contribution < 1.29 is 19.5 Å². The number of carbonyl (C=O) groups excluding carboxylic acids is 2. The first-order valence-electron chi connectivity index (χ1n) is 5.25. The number of thioether (sulfide) groups is 1. The van der Waals surface area contributed by atoms with Gasteiger partial charge in [-0.25, -0.2) is 4.79 Å². The number of carboxylic acid groups (broad SMARTS) is 1. The fourth-order valence-corrected chi connectivity index (χ4v) is 1.74. The molecular weight excluding hydrogens is 242 g/mol. The molecule has 1 atom stereocenters. The summed E-state index contributed by atoms with van der Waals surface area (Å²) >= 11 is 1.21. The van der Waals surface area contributed by atoms with E-state index in [0.717, 1.165) is 0 Å². The van der Waals surface area contributed by atoms with E-state index in [1.807, 2.05) is 0 Å². The van der Waals surface area contributed by atoms with Gasteiger partial charge in [-0.2, -0.15) is 11.8 Å². The second-order valence-corrected chi connectivity index (χ2v) is 5.86. The van der Waals surface area contributed by atoms with Gasteiger partial charge in [-0.1, -0.05) is 20.8 Å². The third-order valence-electron chi connectivity index (χ3n) is 1.87. The van der Waals surface area contributed by atoms with Gasteiger partial charge >= 0.3 is 5.97 Å². The van der Waals surface area contributed by atoms with E-state index >= 15 is 0 Å². The predicted octanol–water partition coefficient (Wildman–Crippen LogP) is 0.924. The Labute approximate surface area is 105 Å². The Balaban J connectivity index is 4.31. The molecule has 0 saturated carbocycles. The quantitative estimate of drug-likeness (QED) is 0.743. The molecule has 6 heteroatoms. The summed E-state index contributed by atoms with van der Waals surface area (Å²) < 4.78 is 0. The minimum Gasteiger partial charge on any atom is -0.480 e. The van der Waals surface area contributed by atoms with Gasteiger partial charge in [0.1, 0.15) is 11.8 Å². The molecule has 2 N–H and O–H groups in total. The van der Waals surface area contributed by atoms with Crippen LogP contribution in [0.1, 0.15) is 27.7 Å². The van der Waals surface area contributed by atoms with E-state index in [1.165, 1.54) is 18.7 Å². The summed E-state index contributed by atoms with van der Waals surface area (Å²) in [7, 11) is 0. The van der Waals surface area contributed by atoms with Gasteiger partial charge < -0.3 is 10.4 Å². The summed E-state index contributed by atoms with van der Waals surface area (Å²) in [5.41, 5.74) is -0.626. The lowest BCUT2D eigenvalue weighted by Gasteiger charge is -2.21. The second kappa shape index (κ2) is 6.64. The highest BCUT2D eigenvalue weighted by molar-refractivity contribution is 8.00. The molecular formula is C11H19NO4S. The molecule has 1 amide bonds. The lowest BCUT2D eigenvalue weighted by Crippen LogP contribution is -2.47. The largest absolute Gasteiger partial charge is 0.480 e. The molecule has 0 spiro atoms. The number of aliphatic carboxylic acids is 1. The monoisotopic (exact) mass is 261 g/mol. The molecule has 0 unspecified atom stereocenters. The van der Waals surface area contributed by atoms with Gasteiger partial charge in [-0.15, -0.1) is 0 Å². The molecule has 0 fully saturated rings. The summed E-state index contributed by atoms with van der Waals surface area (Å²) in [6.45, 7) is 6.58. The highest BCUT2D eigenvalue weighted by atomic mass is 32.2. The fraction of sp³-hybridized carbons (Fsp3) is 0.727. The molecule has 0 heterocycles. The number of Topliss-reactive ketones (excluding diaryl/α,β-unsaturated/α-hetero) is 1. The van der Waals surface area contributed by atoms with Crippen LogP contribution in [-0.4, -0.2) is 40.3 Å². The summed E-state index contributed by atoms with van der Waals surface area (Å²) in [5, 5.41) is 11.4. The number of amides is 1. The zero-order valence-corrected chi connectivity index (χ0v) is 11.4. The minimum absolute atomic E-state index is 0.0127. The number of nitrogens with one attached hydrogen (secondary N) is 1. The van der Waals surface area contributed by atoms with Crippen LogP contribution in [0.2, 0.25) is 0 Å². The van der Waals surface area contributed by atoms with Gasteiger partial charge in [0.05, 0.1) is 5.75 Å². The number of carbonyl (C=O) groups is 3. The van der Waals surface area contributed by atoms with Crippen LogP contribution in [0.25, 0.3) is 0 Å². The first-order valence-corrected chi connectivity index (χ1v) is 6.41. The topological polar surface area (TPSA) is 83.5 Å². The predicted molar refractivity (Wildman–Crippen MR) is 67.0 cm³/mol. The van der Waals surface area contributed by atoms with E-state index in [-0.39, 0.29) is 23.2 Å². The van der Waals surface area contributed by atoms with Crippen LogP contribution in [0.3, 0.4) is 0 Å². The standard InChI is InChI=1S/C11H19NO4S/c1-7(13)5-17-6-8(9(14)15)12-10(16)11(2,3)4/h8H,5-6H2,1-4H3,(H,12,16)(H,14,15)/t8-/m0/s1. The highest BCUT2D eigenvalue weighted by Crippen LogP contribution is 2.14. The molecule has 0 aliphatic rings. The lowest BCUT2D eigenvalue weighted by molar-refractivity contribution is -0.142. The van der Waals surface area contributed by atoms with Gasteiger partial charge in [-0.3, -0.25) is 9.59 Å². The number of hydrogen-bond acceptors (Lipinski definition) is 4. The third kappa shape index (κ3) is 6.99. The molecule has 0 saturated heterocycles. The average molecular weight is 261 g/mol. The Morgan fingerprint density at radius 3 is 2.18 bits per heavy atom. The van der Waals surface area contributed by atoms with Crippen molar-refractivity contribution in [2.24, 2.45) is 5.41 Å². The van der Waals surface area contributed by atoms with Crippen LogP contribution in [0.5, 0.6) is 0 Å². The Kier molecular flexibility index (Phi) is 6.23. The normalized spacial score (nSPS) is 12.9. The van der Waals surface area contributed by atoms with E-state index < -0.39 is 17.4 Å². The molecule has 0 rings (SSSR count). The van der Waals surface area contributed by atoms with Crippen molar-refractivity contribution in [2.75, 3.05) is 11.5 Å². The Hall–Kier alpha value is -1.04. The number of carboxylic acids is 1. The third-order valence-corrected chi connectivity index (χ3v) is 3.05. The number of rotatable bonds is 6. The maximum absolute atomic E-state index is 11.6. The fourth-order valence-electron chi connectivity index (χ4n) is 0.870. The zero-order chi connectivity index (χ0) is 13.6. The van der Waals surface area contributed by atoms with E-state index in [9.17, 15) is 14.4 Å². The van der Waals surface area contributed by atoms with Crippen molar-refractivity contribution in [3.8, 4) is 0 Å². The van der Waals surface area contributed by atoms with Crippen LogP contribution >= 0.6 is 11.8 Å². The smallest absolute Gasteiger partial charge is 0.327 e. The highest BCUT2D eigenvalue weighted by Gasteiger charge is 2.27. The van der Waals surface area contributed by atoms with E-state index in [2.05, 4.69) is 5.32 Å². The van der Waals surface area contributed by atoms with Crippen LogP contribution in [-0.2, 0) is 14.4 Å². The first-order chi connectivity index (χ1) is 7.64. The first kappa shape index (κ1) is 16.0. The van der Waals surface area contributed by atoms with Crippen LogP contribution < -0.4 is 5.32 Å². The van der Waals surface area contributed by atoms with E-state index in [1.54, 1.807) is 20.8 Å². The van der Waals surface area contributed by atoms with Gasteiger partial charge in [0, 0.05) is 11.2 Å². The molecule has 17 heavy (non-hydrogen) atoms. The number of ketones is 1. The van der Waals surface area contributed by atoms with E-state index in [4.69, 9.17) is 5.11 Å². The maximum atomic E-state index is 11.6. The van der Waals surface area contributed by atoms with Crippen LogP contribution in [0.4, 0.5) is 0 Å². The van der Waals surface area contributed by atoms with E-state index in [0.29, 0.717) is 0 Å². The summed E-state index contributed by atoms with van der Waals surface area (Å²) in [6, 6.07) is -0.953. The SMILES string of the molecule is CC(=O)CSC[C@H](NC(=O)C(C)(C)C)C(=O)O. The molecule has 0 aromatic heterocycles. The molecule has 0 aromatic carbocycles. The molecule has 98 valence electrons. The minimum atomic E-state index is -1.08. The molecule has 0 bridgehead atoms. The van der Waals surface area contributed by atoms with Crippen LogP contribution in [0, 0.1) is 5.41 Å². The Morgan fingerprint density at radius 1 is 1.29 bits per heavy atom. The average Bonchev–Trinajstić information content (AvgIpc) is 2.13. The maximum Gasteiger partial charge on any atom is 0.327 e. The van der Waals surface area contributed by atoms with Gasteiger partial charge in [0.25, 0.3) is 0 Å². The van der Waals surface area contributed by atoms with Crippen molar-refractivity contribution >= 4 is 29.4 Å². The lowest BCUT2D eigenvalue weighted by atomic mass is 9.95. The molecule has 0 aromatic rings. The summed E-state index contributed by atoms with van der Waals surface area (Å²) in [4.78, 5) is 33.3. The van der Waals surface area contributed by atoms with Crippen molar-refractivity contribution in [1.29, 1.82) is 0 Å². The molecule has 0 aliphatic heterocycles. The Morgan fingerprint density at radius 2 is 1.82 bits per heavy atom. The van der Waals surface area contributed by atoms with Crippen molar-refractivity contribution in [3.05, 3.63) is 0 Å². The molecule has 0 radical (unpaired) electrons. The van der Waals surface area contributed by atoms with Crippen molar-refractivity contribution in [1.82, 2.24) is 5.32 Å². The van der Waals surface area contributed by atoms with Gasteiger partial charge in [-0.05, 0) is 6.92 Å². The van der Waals surface area contributed by atoms with Crippen LogP contribution in [0.15, 0.2) is 0 Å². The number of hydrogen-bond donors (Lipinski definition) is 2. The molecule has 5 nitrogen and oxygen atoms in total. The summed E-state index contributed by atoms with van der Waals surface area (Å²) in [6.07, 6.45) is 0. The Bertz CT molecular complexity index is 309. The molecule has 0 aliphatic carbocycles. The zero-order valence-electron chi connectivity index (χ0n) is 10.6.